The summed E-state index contributed by atoms with van der Waals surface area (Å²) in [5.74, 6) is -0.648. The molecule has 0 aliphatic heterocycles. The summed E-state index contributed by atoms with van der Waals surface area (Å²) in [6.07, 6.45) is 2.03. The van der Waals surface area contributed by atoms with Gasteiger partial charge in [-0.25, -0.2) is 4.98 Å². The molecule has 0 unspecified atom stereocenters. The molecule has 41 heavy (non-hydrogen) atoms. The number of hydrogen-bond acceptors (Lipinski definition) is 7. The van der Waals surface area contributed by atoms with Crippen LogP contribution in [0.4, 0.5) is 16.5 Å². The minimum Gasteiger partial charge on any atom is -0.349 e. The SMILES string of the molecule is C.Cc1ccc(C(=O)NC2CC2)cc1Nc1nc(-c2ccc(NC(=O)CN)cc2)c(C(=O)NCc2ccccc2)s1. The molecule has 212 valence electrons. The highest BCUT2D eigenvalue weighted by atomic mass is 32.1. The highest BCUT2D eigenvalue weighted by molar-refractivity contribution is 7.18. The van der Waals surface area contributed by atoms with Crippen LogP contribution in [0, 0.1) is 6.92 Å². The summed E-state index contributed by atoms with van der Waals surface area (Å²) in [6.45, 7) is 2.21. The van der Waals surface area contributed by atoms with Crippen molar-refractivity contribution in [1.82, 2.24) is 15.6 Å². The van der Waals surface area contributed by atoms with E-state index in [1.165, 1.54) is 11.3 Å². The maximum Gasteiger partial charge on any atom is 0.264 e. The zero-order valence-corrected chi connectivity index (χ0v) is 22.8. The summed E-state index contributed by atoms with van der Waals surface area (Å²) < 4.78 is 0. The van der Waals surface area contributed by atoms with Crippen LogP contribution in [0.15, 0.2) is 72.8 Å². The van der Waals surface area contributed by atoms with Gasteiger partial charge in [-0.2, -0.15) is 0 Å². The lowest BCUT2D eigenvalue weighted by molar-refractivity contribution is -0.114. The first-order valence-electron chi connectivity index (χ1n) is 13.0. The van der Waals surface area contributed by atoms with Crippen molar-refractivity contribution in [3.63, 3.8) is 0 Å². The van der Waals surface area contributed by atoms with Crippen LogP contribution in [-0.4, -0.2) is 35.3 Å². The molecule has 1 fully saturated rings. The monoisotopic (exact) mass is 570 g/mol. The van der Waals surface area contributed by atoms with E-state index in [1.807, 2.05) is 43.3 Å². The van der Waals surface area contributed by atoms with Gasteiger partial charge in [0, 0.05) is 35.1 Å². The average Bonchev–Trinajstić information content (AvgIpc) is 3.69. The Morgan fingerprint density at radius 3 is 2.39 bits per heavy atom. The van der Waals surface area contributed by atoms with E-state index in [-0.39, 0.29) is 37.7 Å². The fraction of sp³-hybridized carbons (Fsp3) is 0.226. The number of hydrogen-bond donors (Lipinski definition) is 5. The molecule has 1 aliphatic carbocycles. The largest absolute Gasteiger partial charge is 0.349 e. The van der Waals surface area contributed by atoms with Crippen molar-refractivity contribution < 1.29 is 14.4 Å². The number of aryl methyl sites for hydroxylation is 1. The van der Waals surface area contributed by atoms with Crippen LogP contribution in [0.1, 0.15) is 51.4 Å². The highest BCUT2D eigenvalue weighted by Gasteiger charge is 2.24. The van der Waals surface area contributed by atoms with E-state index < -0.39 is 0 Å². The molecule has 0 saturated heterocycles. The standard InChI is InChI=1S/C30H30N6O3S.CH4/c1-18-7-8-21(28(38)34-23-13-14-23)15-24(18)35-30-36-26(20-9-11-22(12-10-20)33-25(37)16-31)27(40-30)29(39)32-17-19-5-3-2-4-6-19;/h2-12,15,23H,13-14,16-17,31H2,1H3,(H,32,39)(H,33,37)(H,34,38)(H,35,36);1H4. The van der Waals surface area contributed by atoms with Crippen LogP contribution in [0.25, 0.3) is 11.3 Å². The lowest BCUT2D eigenvalue weighted by Crippen LogP contribution is -2.25. The first-order valence-corrected chi connectivity index (χ1v) is 13.8. The number of carbonyl (C=O) groups excluding carboxylic acids is 3. The number of nitrogens with zero attached hydrogens (tertiary/aromatic N) is 1. The number of amides is 3. The smallest absolute Gasteiger partial charge is 0.264 e. The van der Waals surface area contributed by atoms with Crippen LogP contribution < -0.4 is 27.0 Å². The van der Waals surface area contributed by atoms with Gasteiger partial charge in [0.2, 0.25) is 5.91 Å². The van der Waals surface area contributed by atoms with Crippen molar-refractivity contribution in [2.45, 2.75) is 39.8 Å². The third-order valence-corrected chi connectivity index (χ3v) is 7.38. The Balaban J connectivity index is 0.00000387. The van der Waals surface area contributed by atoms with Crippen LogP contribution in [0.2, 0.25) is 0 Å². The van der Waals surface area contributed by atoms with E-state index in [9.17, 15) is 14.4 Å². The molecule has 0 atom stereocenters. The molecule has 0 spiro atoms. The molecule has 0 radical (unpaired) electrons. The second-order valence-corrected chi connectivity index (χ2v) is 10.6. The van der Waals surface area contributed by atoms with Gasteiger partial charge in [-0.05, 0) is 55.2 Å². The van der Waals surface area contributed by atoms with Gasteiger partial charge in [0.1, 0.15) is 4.88 Å². The summed E-state index contributed by atoms with van der Waals surface area (Å²) >= 11 is 1.23. The quantitative estimate of drug-likeness (QED) is 0.177. The molecule has 1 aliphatic rings. The zero-order valence-electron chi connectivity index (χ0n) is 22.0. The van der Waals surface area contributed by atoms with Crippen molar-refractivity contribution in [2.75, 3.05) is 17.2 Å². The lowest BCUT2D eigenvalue weighted by Gasteiger charge is -2.10. The number of carbonyl (C=O) groups is 3. The average molecular weight is 571 g/mol. The molecule has 6 N–H and O–H groups in total. The second-order valence-electron chi connectivity index (χ2n) is 9.60. The normalized spacial score (nSPS) is 12.1. The molecule has 1 aromatic heterocycles. The van der Waals surface area contributed by atoms with Crippen molar-refractivity contribution in [2.24, 2.45) is 5.73 Å². The minimum absolute atomic E-state index is 0. The number of rotatable bonds is 10. The minimum atomic E-state index is -0.294. The first-order chi connectivity index (χ1) is 19.4. The number of anilines is 3. The third-order valence-electron chi connectivity index (χ3n) is 6.41. The number of aromatic nitrogens is 1. The molecule has 10 heteroatoms. The van der Waals surface area contributed by atoms with E-state index in [2.05, 4.69) is 21.3 Å². The Morgan fingerprint density at radius 1 is 0.976 bits per heavy atom. The molecule has 1 heterocycles. The number of nitrogens with one attached hydrogen (secondary N) is 4. The molecule has 3 amide bonds. The summed E-state index contributed by atoms with van der Waals surface area (Å²) in [5.41, 5.74) is 10.4. The Kier molecular flexibility index (Phi) is 9.49. The molecule has 5 rings (SSSR count). The number of thiazole rings is 1. The number of benzene rings is 3. The third kappa shape index (κ3) is 7.56. The van der Waals surface area contributed by atoms with E-state index in [0.29, 0.717) is 39.1 Å². The summed E-state index contributed by atoms with van der Waals surface area (Å²) in [5, 5.41) is 12.5. The van der Waals surface area contributed by atoms with Crippen LogP contribution >= 0.6 is 11.3 Å². The lowest BCUT2D eigenvalue weighted by atomic mass is 10.1. The van der Waals surface area contributed by atoms with E-state index in [4.69, 9.17) is 10.7 Å². The van der Waals surface area contributed by atoms with Gasteiger partial charge in [-0.15, -0.1) is 0 Å². The zero-order chi connectivity index (χ0) is 28.1. The summed E-state index contributed by atoms with van der Waals surface area (Å²) in [6, 6.07) is 22.5. The Labute approximate surface area is 243 Å². The molecular formula is C31H34N6O3S. The van der Waals surface area contributed by atoms with Gasteiger partial charge in [-0.1, -0.05) is 67.3 Å². The predicted molar refractivity (Wildman–Crippen MR) is 165 cm³/mol. The van der Waals surface area contributed by atoms with Gasteiger partial charge >= 0.3 is 0 Å². The Bertz CT molecular complexity index is 1530. The molecular weight excluding hydrogens is 536 g/mol. The van der Waals surface area contributed by atoms with Crippen molar-refractivity contribution in [3.05, 3.63) is 94.4 Å². The summed E-state index contributed by atoms with van der Waals surface area (Å²) in [7, 11) is 0. The summed E-state index contributed by atoms with van der Waals surface area (Å²) in [4.78, 5) is 42.8. The maximum absolute atomic E-state index is 13.4. The Hall–Kier alpha value is -4.54. The molecule has 9 nitrogen and oxygen atoms in total. The molecule has 4 aromatic rings. The van der Waals surface area contributed by atoms with Gasteiger partial charge in [-0.3, -0.25) is 14.4 Å². The molecule has 0 bridgehead atoms. The van der Waals surface area contributed by atoms with Crippen LogP contribution in [0.3, 0.4) is 0 Å². The first kappa shape index (κ1) is 29.4. The predicted octanol–water partition coefficient (Wildman–Crippen LogP) is 5.22. The van der Waals surface area contributed by atoms with E-state index >= 15 is 0 Å². The van der Waals surface area contributed by atoms with Crippen molar-refractivity contribution >= 4 is 45.6 Å². The van der Waals surface area contributed by atoms with Crippen molar-refractivity contribution in [3.8, 4) is 11.3 Å². The highest BCUT2D eigenvalue weighted by Crippen LogP contribution is 2.34. The maximum atomic E-state index is 13.4. The van der Waals surface area contributed by atoms with Gasteiger partial charge in [0.15, 0.2) is 5.13 Å². The fourth-order valence-electron chi connectivity index (χ4n) is 4.01. The topological polar surface area (TPSA) is 138 Å². The van der Waals surface area contributed by atoms with E-state index in [0.717, 1.165) is 29.7 Å². The molecule has 1 saturated carbocycles. The van der Waals surface area contributed by atoms with E-state index in [1.54, 1.807) is 36.4 Å². The Morgan fingerprint density at radius 2 is 1.71 bits per heavy atom. The fourth-order valence-corrected chi connectivity index (χ4v) is 4.93. The van der Waals surface area contributed by atoms with Gasteiger partial charge in [0.25, 0.3) is 11.8 Å². The second kappa shape index (κ2) is 13.2. The molecule has 3 aromatic carbocycles. The van der Waals surface area contributed by atoms with Crippen LogP contribution in [-0.2, 0) is 11.3 Å². The van der Waals surface area contributed by atoms with Gasteiger partial charge < -0.3 is 27.0 Å². The number of nitrogens with two attached hydrogens (primary N) is 1. The van der Waals surface area contributed by atoms with Crippen molar-refractivity contribution in [1.29, 1.82) is 0 Å². The van der Waals surface area contributed by atoms with Crippen LogP contribution in [0.5, 0.6) is 0 Å². The van der Waals surface area contributed by atoms with Gasteiger partial charge in [0.05, 0.1) is 12.2 Å².